The van der Waals surface area contributed by atoms with Crippen LogP contribution in [0.25, 0.3) is 5.69 Å². The van der Waals surface area contributed by atoms with Gasteiger partial charge in [0, 0.05) is 30.6 Å². The van der Waals surface area contributed by atoms with Crippen LogP contribution in [0.3, 0.4) is 0 Å². The van der Waals surface area contributed by atoms with Crippen LogP contribution in [0.1, 0.15) is 11.4 Å². The van der Waals surface area contributed by atoms with E-state index in [4.69, 9.17) is 0 Å². The summed E-state index contributed by atoms with van der Waals surface area (Å²) in [6, 6.07) is 4.89. The van der Waals surface area contributed by atoms with Crippen molar-refractivity contribution in [3.05, 3.63) is 46.0 Å². The molecule has 94 valence electrons. The highest BCUT2D eigenvalue weighted by atomic mass is 16.6. The molecule has 1 aromatic carbocycles. The molecule has 0 unspecified atom stereocenters. The molecule has 6 heteroatoms. The molecule has 18 heavy (non-hydrogen) atoms. The number of nitro groups is 1. The first kappa shape index (κ1) is 12.1. The smallest absolute Gasteiger partial charge is 0.273 e. The second-order valence-electron chi connectivity index (χ2n) is 4.03. The van der Waals surface area contributed by atoms with E-state index < -0.39 is 4.92 Å². The van der Waals surface area contributed by atoms with Gasteiger partial charge in [0.2, 0.25) is 0 Å². The zero-order valence-corrected chi connectivity index (χ0v) is 10.5. The third kappa shape index (κ3) is 2.04. The Morgan fingerprint density at radius 1 is 1.33 bits per heavy atom. The van der Waals surface area contributed by atoms with Crippen LogP contribution in [-0.2, 0) is 0 Å². The van der Waals surface area contributed by atoms with Gasteiger partial charge >= 0.3 is 0 Å². The summed E-state index contributed by atoms with van der Waals surface area (Å²) < 4.78 is 1.84. The molecule has 0 spiro atoms. The summed E-state index contributed by atoms with van der Waals surface area (Å²) >= 11 is 0. The fourth-order valence-electron chi connectivity index (χ4n) is 1.74. The standard InChI is InChI=1S/C12H14N4O2/c1-8-9(2)15(7-14-8)11-4-10(13-3)5-12(6-11)16(17)18/h4-7,13H,1-3H3. The lowest BCUT2D eigenvalue weighted by atomic mass is 10.2. The summed E-state index contributed by atoms with van der Waals surface area (Å²) in [5.74, 6) is 0. The van der Waals surface area contributed by atoms with E-state index in [9.17, 15) is 10.1 Å². The number of nitrogens with zero attached hydrogens (tertiary/aromatic N) is 3. The second-order valence-corrected chi connectivity index (χ2v) is 4.03. The van der Waals surface area contributed by atoms with E-state index in [0.717, 1.165) is 17.1 Å². The lowest BCUT2D eigenvalue weighted by Gasteiger charge is -2.08. The Morgan fingerprint density at radius 2 is 2.06 bits per heavy atom. The molecule has 1 N–H and O–H groups in total. The van der Waals surface area contributed by atoms with Gasteiger partial charge in [-0.05, 0) is 19.9 Å². The van der Waals surface area contributed by atoms with Gasteiger partial charge in [-0.15, -0.1) is 0 Å². The largest absolute Gasteiger partial charge is 0.388 e. The summed E-state index contributed by atoms with van der Waals surface area (Å²) in [6.07, 6.45) is 1.67. The molecule has 0 atom stereocenters. The van der Waals surface area contributed by atoms with Gasteiger partial charge in [0.05, 0.1) is 22.6 Å². The number of nitro benzene ring substituents is 1. The molecule has 0 bridgehead atoms. The Hall–Kier alpha value is -2.37. The Bertz CT molecular complexity index is 604. The Morgan fingerprint density at radius 3 is 2.56 bits per heavy atom. The fraction of sp³-hybridized carbons (Fsp3) is 0.250. The van der Waals surface area contributed by atoms with E-state index >= 15 is 0 Å². The third-order valence-electron chi connectivity index (χ3n) is 2.93. The number of imidazole rings is 1. The van der Waals surface area contributed by atoms with Crippen LogP contribution in [0.15, 0.2) is 24.5 Å². The number of aryl methyl sites for hydroxylation is 1. The highest BCUT2D eigenvalue weighted by Crippen LogP contribution is 2.24. The quantitative estimate of drug-likeness (QED) is 0.666. The molecule has 0 aliphatic carbocycles. The molecule has 2 rings (SSSR count). The molecule has 0 saturated carbocycles. The average Bonchev–Trinajstić information content (AvgIpc) is 2.69. The van der Waals surface area contributed by atoms with Crippen LogP contribution in [0.2, 0.25) is 0 Å². The predicted molar refractivity (Wildman–Crippen MR) is 69.2 cm³/mol. The number of anilines is 1. The Balaban J connectivity index is 2.60. The number of aromatic nitrogens is 2. The van der Waals surface area contributed by atoms with Gasteiger partial charge in [0.15, 0.2) is 0 Å². The van der Waals surface area contributed by atoms with Gasteiger partial charge in [0.1, 0.15) is 0 Å². The number of non-ortho nitro benzene ring substituents is 1. The van der Waals surface area contributed by atoms with E-state index in [1.54, 1.807) is 13.4 Å². The first-order valence-electron chi connectivity index (χ1n) is 5.51. The van der Waals surface area contributed by atoms with E-state index in [2.05, 4.69) is 10.3 Å². The SMILES string of the molecule is CNc1cc(-n2cnc(C)c2C)cc([N+](=O)[O-])c1. The molecule has 0 amide bonds. The molecule has 0 saturated heterocycles. The van der Waals surface area contributed by atoms with Crippen molar-refractivity contribution in [3.63, 3.8) is 0 Å². The molecule has 0 aliphatic heterocycles. The predicted octanol–water partition coefficient (Wildman–Crippen LogP) is 2.44. The van der Waals surface area contributed by atoms with Crippen LogP contribution in [-0.4, -0.2) is 21.5 Å². The molecule has 1 aromatic heterocycles. The number of rotatable bonds is 3. The number of benzene rings is 1. The third-order valence-corrected chi connectivity index (χ3v) is 2.93. The fourth-order valence-corrected chi connectivity index (χ4v) is 1.74. The van der Waals surface area contributed by atoms with Gasteiger partial charge in [-0.1, -0.05) is 0 Å². The maximum Gasteiger partial charge on any atom is 0.273 e. The Labute approximate surface area is 104 Å². The summed E-state index contributed by atoms with van der Waals surface area (Å²) in [4.78, 5) is 14.7. The van der Waals surface area contributed by atoms with Crippen LogP contribution in [0, 0.1) is 24.0 Å². The number of hydrogen-bond donors (Lipinski definition) is 1. The maximum absolute atomic E-state index is 10.9. The monoisotopic (exact) mass is 246 g/mol. The number of nitrogens with one attached hydrogen (secondary N) is 1. The summed E-state index contributed by atoms with van der Waals surface area (Å²) in [7, 11) is 1.73. The van der Waals surface area contributed by atoms with Crippen molar-refractivity contribution in [1.82, 2.24) is 9.55 Å². The molecule has 0 aliphatic rings. The molecular formula is C12H14N4O2. The molecule has 0 fully saturated rings. The van der Waals surface area contributed by atoms with E-state index in [1.165, 1.54) is 12.1 Å². The lowest BCUT2D eigenvalue weighted by molar-refractivity contribution is -0.384. The van der Waals surface area contributed by atoms with Crippen molar-refractivity contribution in [2.24, 2.45) is 0 Å². The topological polar surface area (TPSA) is 73.0 Å². The van der Waals surface area contributed by atoms with Gasteiger partial charge < -0.3 is 9.88 Å². The number of hydrogen-bond acceptors (Lipinski definition) is 4. The first-order valence-corrected chi connectivity index (χ1v) is 5.51. The van der Waals surface area contributed by atoms with Crippen molar-refractivity contribution < 1.29 is 4.92 Å². The highest BCUT2D eigenvalue weighted by molar-refractivity contribution is 5.59. The highest BCUT2D eigenvalue weighted by Gasteiger charge is 2.12. The normalized spacial score (nSPS) is 10.4. The van der Waals surface area contributed by atoms with Crippen molar-refractivity contribution in [1.29, 1.82) is 0 Å². The second kappa shape index (κ2) is 4.48. The van der Waals surface area contributed by atoms with Crippen LogP contribution in [0.4, 0.5) is 11.4 Å². The van der Waals surface area contributed by atoms with Crippen LogP contribution in [0.5, 0.6) is 0 Å². The zero-order chi connectivity index (χ0) is 13.3. The van der Waals surface area contributed by atoms with Crippen LogP contribution >= 0.6 is 0 Å². The van der Waals surface area contributed by atoms with E-state index in [0.29, 0.717) is 5.69 Å². The van der Waals surface area contributed by atoms with E-state index in [1.807, 2.05) is 24.5 Å². The minimum Gasteiger partial charge on any atom is -0.388 e. The van der Waals surface area contributed by atoms with Crippen LogP contribution < -0.4 is 5.32 Å². The van der Waals surface area contributed by atoms with E-state index in [-0.39, 0.29) is 5.69 Å². The molecule has 2 aromatic rings. The molecule has 1 heterocycles. The molecule has 0 radical (unpaired) electrons. The van der Waals surface area contributed by atoms with Crippen molar-refractivity contribution in [2.45, 2.75) is 13.8 Å². The van der Waals surface area contributed by atoms with Crippen molar-refractivity contribution in [3.8, 4) is 5.69 Å². The Kier molecular flexibility index (Phi) is 3.01. The van der Waals surface area contributed by atoms with Gasteiger partial charge in [-0.2, -0.15) is 0 Å². The molecular weight excluding hydrogens is 232 g/mol. The van der Waals surface area contributed by atoms with Crippen molar-refractivity contribution in [2.75, 3.05) is 12.4 Å². The minimum atomic E-state index is -0.399. The van der Waals surface area contributed by atoms with Crippen molar-refractivity contribution >= 4 is 11.4 Å². The lowest BCUT2D eigenvalue weighted by Crippen LogP contribution is -1.99. The first-order chi connectivity index (χ1) is 8.52. The summed E-state index contributed by atoms with van der Waals surface area (Å²) in [5, 5.41) is 13.8. The minimum absolute atomic E-state index is 0.0580. The van der Waals surface area contributed by atoms with Gasteiger partial charge in [-0.25, -0.2) is 4.98 Å². The van der Waals surface area contributed by atoms with Gasteiger partial charge in [0.25, 0.3) is 5.69 Å². The summed E-state index contributed by atoms with van der Waals surface area (Å²) in [6.45, 7) is 3.84. The summed E-state index contributed by atoms with van der Waals surface area (Å²) in [5.41, 5.74) is 3.37. The molecule has 6 nitrogen and oxygen atoms in total. The average molecular weight is 246 g/mol. The maximum atomic E-state index is 10.9. The van der Waals surface area contributed by atoms with Gasteiger partial charge in [-0.3, -0.25) is 10.1 Å². The zero-order valence-electron chi connectivity index (χ0n) is 10.5.